The van der Waals surface area contributed by atoms with Crippen molar-refractivity contribution in [2.75, 3.05) is 0 Å². The van der Waals surface area contributed by atoms with Crippen LogP contribution in [0.15, 0.2) is 12.1 Å². The summed E-state index contributed by atoms with van der Waals surface area (Å²) in [4.78, 5) is 0. The van der Waals surface area contributed by atoms with Crippen molar-refractivity contribution < 1.29 is 14.9 Å². The van der Waals surface area contributed by atoms with Crippen molar-refractivity contribution in [2.45, 2.75) is 196 Å². The predicted octanol–water partition coefficient (Wildman–Crippen LogP) is 13.3. The number of unbranched alkanes of at least 4 members (excludes halogenated alkanes) is 12. The lowest BCUT2D eigenvalue weighted by Crippen LogP contribution is -2.07. The molecule has 3 nitrogen and oxygen atoms in total. The number of rotatable bonds is 26. The van der Waals surface area contributed by atoms with Crippen molar-refractivity contribution in [3.63, 3.8) is 0 Å². The van der Waals surface area contributed by atoms with E-state index in [4.69, 9.17) is 4.74 Å². The molecule has 0 aliphatic rings. The van der Waals surface area contributed by atoms with E-state index in [9.17, 15) is 10.2 Å². The van der Waals surface area contributed by atoms with Gasteiger partial charge in [-0.3, -0.25) is 0 Å². The highest BCUT2D eigenvalue weighted by atomic mass is 16.5. The molecule has 2 rings (SSSR count). The van der Waals surface area contributed by atoms with Crippen LogP contribution in [0.3, 0.4) is 0 Å². The molecule has 2 aromatic carbocycles. The maximum Gasteiger partial charge on any atom is 0.131 e. The number of hydrogen-bond donors (Lipinski definition) is 2. The first-order chi connectivity index (χ1) is 22.0. The van der Waals surface area contributed by atoms with Crippen molar-refractivity contribution in [1.29, 1.82) is 0 Å². The van der Waals surface area contributed by atoms with E-state index in [1.165, 1.54) is 88.2 Å². The molecular weight excluding hydrogens is 552 g/mol. The SMILES string of the molecule is CCCCCc1cc(Oc2cc(CCCCC)c(O)c(CCCCC)c2CCCCC)c(CCCCC)c(CCCCC)c1O. The molecule has 0 amide bonds. The molecule has 0 aliphatic carbocycles. The Hall–Kier alpha value is -2.16. The number of aryl methyl sites for hydroxylation is 2. The molecule has 0 bridgehead atoms. The van der Waals surface area contributed by atoms with Gasteiger partial charge in [-0.25, -0.2) is 0 Å². The first-order valence-electron chi connectivity index (χ1n) is 19.4. The van der Waals surface area contributed by atoms with Gasteiger partial charge in [0, 0.05) is 22.3 Å². The zero-order chi connectivity index (χ0) is 32.9. The van der Waals surface area contributed by atoms with Gasteiger partial charge in [0.2, 0.25) is 0 Å². The Morgan fingerprint density at radius 1 is 0.378 bits per heavy atom. The van der Waals surface area contributed by atoms with Gasteiger partial charge in [0.25, 0.3) is 0 Å². The fraction of sp³-hybridized carbons (Fsp3) is 0.714. The van der Waals surface area contributed by atoms with Crippen LogP contribution >= 0.6 is 0 Å². The van der Waals surface area contributed by atoms with E-state index in [1.54, 1.807) is 0 Å². The lowest BCUT2D eigenvalue weighted by Gasteiger charge is -2.24. The van der Waals surface area contributed by atoms with E-state index >= 15 is 0 Å². The van der Waals surface area contributed by atoms with E-state index in [1.807, 2.05) is 0 Å². The average Bonchev–Trinajstić information content (AvgIpc) is 3.03. The molecule has 256 valence electrons. The van der Waals surface area contributed by atoms with E-state index in [2.05, 4.69) is 53.7 Å². The zero-order valence-electron chi connectivity index (χ0n) is 30.4. The average molecular weight is 623 g/mol. The molecular formula is C42H70O3. The number of phenols is 2. The van der Waals surface area contributed by atoms with Gasteiger partial charge in [-0.2, -0.15) is 0 Å². The minimum Gasteiger partial charge on any atom is -0.507 e. The predicted molar refractivity (Wildman–Crippen MR) is 196 cm³/mol. The summed E-state index contributed by atoms with van der Waals surface area (Å²) in [6.45, 7) is 13.5. The van der Waals surface area contributed by atoms with Crippen molar-refractivity contribution in [1.82, 2.24) is 0 Å². The minimum absolute atomic E-state index is 0.524. The van der Waals surface area contributed by atoms with Gasteiger partial charge in [0.05, 0.1) is 0 Å². The Labute approximate surface area is 278 Å². The Kier molecular flexibility index (Phi) is 20.1. The van der Waals surface area contributed by atoms with Crippen LogP contribution in [0.25, 0.3) is 0 Å². The Morgan fingerprint density at radius 2 is 0.644 bits per heavy atom. The third kappa shape index (κ3) is 12.9. The van der Waals surface area contributed by atoms with Crippen molar-refractivity contribution in [3.8, 4) is 23.0 Å². The standard InChI is InChI=1S/C42H70O3/c1-7-13-19-25-33-31-39(35(27-21-15-9-3)37(41(33)43)29-23-17-11-5)45-40-32-34(26-20-14-8-2)42(44)38(30-24-18-12-6)36(40)28-22-16-10-4/h31-32,43-44H,7-30H2,1-6H3. The second-order valence-electron chi connectivity index (χ2n) is 13.5. The van der Waals surface area contributed by atoms with Gasteiger partial charge >= 0.3 is 0 Å². The molecule has 0 aliphatic heterocycles. The van der Waals surface area contributed by atoms with Gasteiger partial charge in [0.15, 0.2) is 0 Å². The third-order valence-corrected chi connectivity index (χ3v) is 9.55. The van der Waals surface area contributed by atoms with Crippen molar-refractivity contribution in [3.05, 3.63) is 45.5 Å². The molecule has 0 aromatic heterocycles. The molecule has 2 aromatic rings. The number of ether oxygens (including phenoxy) is 1. The zero-order valence-corrected chi connectivity index (χ0v) is 30.4. The molecule has 0 fully saturated rings. The summed E-state index contributed by atoms with van der Waals surface area (Å²) < 4.78 is 7.18. The van der Waals surface area contributed by atoms with E-state index in [-0.39, 0.29) is 0 Å². The summed E-state index contributed by atoms with van der Waals surface area (Å²) in [6, 6.07) is 4.37. The molecule has 3 heteroatoms. The summed E-state index contributed by atoms with van der Waals surface area (Å²) in [5, 5.41) is 23.4. The largest absolute Gasteiger partial charge is 0.507 e. The van der Waals surface area contributed by atoms with E-state index in [0.29, 0.717) is 11.5 Å². The summed E-state index contributed by atoms with van der Waals surface area (Å²) in [7, 11) is 0. The lowest BCUT2D eigenvalue weighted by atomic mass is 9.90. The second-order valence-corrected chi connectivity index (χ2v) is 13.5. The van der Waals surface area contributed by atoms with Crippen molar-refractivity contribution >= 4 is 0 Å². The maximum atomic E-state index is 11.7. The normalized spacial score (nSPS) is 11.4. The maximum absolute atomic E-state index is 11.7. The Bertz CT molecular complexity index is 1000. The van der Waals surface area contributed by atoms with Crippen LogP contribution in [0.1, 0.15) is 190 Å². The van der Waals surface area contributed by atoms with E-state index < -0.39 is 0 Å². The summed E-state index contributed by atoms with van der Waals surface area (Å²) in [5.41, 5.74) is 6.76. The van der Waals surface area contributed by atoms with Crippen LogP contribution in [-0.2, 0) is 38.5 Å². The van der Waals surface area contributed by atoms with Crippen LogP contribution < -0.4 is 4.74 Å². The van der Waals surface area contributed by atoms with Gasteiger partial charge in [-0.15, -0.1) is 0 Å². The Morgan fingerprint density at radius 3 is 0.933 bits per heavy atom. The van der Waals surface area contributed by atoms with Gasteiger partial charge in [-0.1, -0.05) is 119 Å². The van der Waals surface area contributed by atoms with Crippen LogP contribution in [0.2, 0.25) is 0 Å². The summed E-state index contributed by atoms with van der Waals surface area (Å²) >= 11 is 0. The van der Waals surface area contributed by atoms with Crippen LogP contribution in [0, 0.1) is 0 Å². The topological polar surface area (TPSA) is 49.7 Å². The number of benzene rings is 2. The molecule has 0 unspecified atom stereocenters. The van der Waals surface area contributed by atoms with Crippen molar-refractivity contribution in [2.24, 2.45) is 0 Å². The first-order valence-corrected chi connectivity index (χ1v) is 19.4. The second kappa shape index (κ2) is 23.2. The van der Waals surface area contributed by atoms with Gasteiger partial charge in [0.1, 0.15) is 23.0 Å². The fourth-order valence-electron chi connectivity index (χ4n) is 6.70. The highest BCUT2D eigenvalue weighted by Gasteiger charge is 2.23. The first kappa shape index (κ1) is 39.0. The molecule has 0 saturated carbocycles. The summed E-state index contributed by atoms with van der Waals surface area (Å²) in [5.74, 6) is 2.94. The number of aromatic hydroxyl groups is 2. The number of phenolic OH excluding ortho intramolecular Hbond substituents is 2. The fourth-order valence-corrected chi connectivity index (χ4v) is 6.70. The lowest BCUT2D eigenvalue weighted by molar-refractivity contribution is 0.431. The quantitative estimate of drug-likeness (QED) is 0.103. The highest BCUT2D eigenvalue weighted by Crippen LogP contribution is 2.43. The third-order valence-electron chi connectivity index (χ3n) is 9.55. The van der Waals surface area contributed by atoms with E-state index in [0.717, 1.165) is 111 Å². The van der Waals surface area contributed by atoms with Gasteiger partial charge < -0.3 is 14.9 Å². The van der Waals surface area contributed by atoms with Gasteiger partial charge in [-0.05, 0) is 100 Å². The molecule has 2 N–H and O–H groups in total. The smallest absolute Gasteiger partial charge is 0.131 e. The molecule has 0 saturated heterocycles. The molecule has 0 spiro atoms. The molecule has 0 heterocycles. The minimum atomic E-state index is 0.524. The van der Waals surface area contributed by atoms with Crippen LogP contribution in [0.5, 0.6) is 23.0 Å². The summed E-state index contributed by atoms with van der Waals surface area (Å²) in [6.07, 6.45) is 26.0. The Balaban J connectivity index is 2.77. The van der Waals surface area contributed by atoms with Crippen LogP contribution in [-0.4, -0.2) is 10.2 Å². The monoisotopic (exact) mass is 623 g/mol. The van der Waals surface area contributed by atoms with Crippen LogP contribution in [0.4, 0.5) is 0 Å². The molecule has 0 radical (unpaired) electrons. The molecule has 0 atom stereocenters. The number of hydrogen-bond acceptors (Lipinski definition) is 3. The molecule has 45 heavy (non-hydrogen) atoms. The highest BCUT2D eigenvalue weighted by molar-refractivity contribution is 5.58.